The molecule has 0 bridgehead atoms. The standard InChI is InChI=1S/C30H22ClN3O7S2/c1-39-28(38)17-8-6-16(7-9-17)24-23(25(35)18-10-11-21-22(14-18)41-13-12-40-21)26(36)27(37)34(24)29-32-33-30(43-29)42-15-19-4-2-3-5-20(19)31/h2-11,14,24,35H,12-13,15H2,1H3/b25-23+/t24-/m0/s1. The Morgan fingerprint density at radius 3 is 2.51 bits per heavy atom. The van der Waals surface area contributed by atoms with E-state index in [1.165, 1.54) is 35.9 Å². The number of aliphatic hydroxyl groups excluding tert-OH is 1. The molecule has 2 aliphatic heterocycles. The molecule has 4 aromatic rings. The van der Waals surface area contributed by atoms with E-state index in [4.69, 9.17) is 25.8 Å². The van der Waals surface area contributed by atoms with Crippen molar-refractivity contribution >= 4 is 63.3 Å². The molecule has 0 saturated carbocycles. The summed E-state index contributed by atoms with van der Waals surface area (Å²) in [6.07, 6.45) is 0. The molecule has 3 aromatic carbocycles. The lowest BCUT2D eigenvalue weighted by molar-refractivity contribution is -0.132. The molecule has 0 spiro atoms. The summed E-state index contributed by atoms with van der Waals surface area (Å²) in [5.41, 5.74) is 1.78. The summed E-state index contributed by atoms with van der Waals surface area (Å²) in [7, 11) is 1.27. The molecule has 0 aliphatic carbocycles. The number of esters is 1. The minimum atomic E-state index is -1.06. The number of thioether (sulfide) groups is 1. The van der Waals surface area contributed by atoms with Crippen LogP contribution in [0.15, 0.2) is 76.6 Å². The van der Waals surface area contributed by atoms with Gasteiger partial charge < -0.3 is 19.3 Å². The maximum atomic E-state index is 13.6. The average molecular weight is 636 g/mol. The first kappa shape index (κ1) is 28.7. The number of ether oxygens (including phenoxy) is 3. The van der Waals surface area contributed by atoms with Gasteiger partial charge in [-0.3, -0.25) is 14.5 Å². The van der Waals surface area contributed by atoms with E-state index in [1.54, 1.807) is 36.4 Å². The molecule has 6 rings (SSSR count). The highest BCUT2D eigenvalue weighted by Crippen LogP contribution is 2.45. The molecule has 1 amide bonds. The van der Waals surface area contributed by atoms with Crippen molar-refractivity contribution in [1.29, 1.82) is 0 Å². The Labute approximate surface area is 258 Å². The topological polar surface area (TPSA) is 128 Å². The van der Waals surface area contributed by atoms with Crippen LogP contribution in [-0.2, 0) is 20.1 Å². The van der Waals surface area contributed by atoms with Crippen LogP contribution in [0.5, 0.6) is 11.5 Å². The summed E-state index contributed by atoms with van der Waals surface area (Å²) in [5.74, 6) is -1.26. The second kappa shape index (κ2) is 12.1. The molecular formula is C30H22ClN3O7S2. The summed E-state index contributed by atoms with van der Waals surface area (Å²) >= 11 is 8.81. The van der Waals surface area contributed by atoms with E-state index in [0.717, 1.165) is 16.9 Å². The Bertz CT molecular complexity index is 1770. The first-order valence-electron chi connectivity index (χ1n) is 12.9. The van der Waals surface area contributed by atoms with Crippen LogP contribution >= 0.6 is 34.7 Å². The third-order valence-corrected chi connectivity index (χ3v) is 9.29. The average Bonchev–Trinajstić information content (AvgIpc) is 3.61. The molecule has 1 N–H and O–H groups in total. The van der Waals surface area contributed by atoms with E-state index in [2.05, 4.69) is 10.2 Å². The number of amides is 1. The van der Waals surface area contributed by atoms with Gasteiger partial charge in [-0.2, -0.15) is 0 Å². The number of rotatable bonds is 7. The number of methoxy groups -OCH3 is 1. The van der Waals surface area contributed by atoms with E-state index in [0.29, 0.717) is 45.4 Å². The van der Waals surface area contributed by atoms with E-state index in [9.17, 15) is 19.5 Å². The van der Waals surface area contributed by atoms with Crippen molar-refractivity contribution in [3.8, 4) is 11.5 Å². The molecule has 1 atom stereocenters. The fraction of sp³-hybridized carbons (Fsp3) is 0.167. The Hall–Kier alpha value is -4.39. The van der Waals surface area contributed by atoms with Crippen LogP contribution in [0.1, 0.15) is 33.1 Å². The number of halogens is 1. The first-order valence-corrected chi connectivity index (χ1v) is 15.1. The molecule has 1 aromatic heterocycles. The number of fused-ring (bicyclic) bond motifs is 1. The number of aromatic nitrogens is 2. The molecular weight excluding hydrogens is 614 g/mol. The zero-order valence-electron chi connectivity index (χ0n) is 22.5. The van der Waals surface area contributed by atoms with Crippen LogP contribution in [0.25, 0.3) is 5.76 Å². The second-order valence-electron chi connectivity index (χ2n) is 9.37. The number of ketones is 1. The van der Waals surface area contributed by atoms with E-state index < -0.39 is 29.5 Å². The predicted molar refractivity (Wildman–Crippen MR) is 161 cm³/mol. The number of nitrogens with zero attached hydrogens (tertiary/aromatic N) is 3. The Kier molecular flexibility index (Phi) is 8.06. The van der Waals surface area contributed by atoms with E-state index >= 15 is 0 Å². The first-order chi connectivity index (χ1) is 20.9. The van der Waals surface area contributed by atoms with Crippen LogP contribution in [-0.4, -0.2) is 53.3 Å². The minimum absolute atomic E-state index is 0.145. The zero-order valence-corrected chi connectivity index (χ0v) is 24.9. The summed E-state index contributed by atoms with van der Waals surface area (Å²) in [5, 5.41) is 20.7. The molecule has 2 aliphatic rings. The fourth-order valence-corrected chi connectivity index (χ4v) is 6.88. The minimum Gasteiger partial charge on any atom is -0.507 e. The monoisotopic (exact) mass is 635 g/mol. The van der Waals surface area contributed by atoms with Crippen LogP contribution < -0.4 is 14.4 Å². The maximum absolute atomic E-state index is 13.6. The molecule has 13 heteroatoms. The summed E-state index contributed by atoms with van der Waals surface area (Å²) in [4.78, 5) is 40.4. The van der Waals surface area contributed by atoms with Gasteiger partial charge in [-0.15, -0.1) is 10.2 Å². The Balaban J connectivity index is 1.40. The highest BCUT2D eigenvalue weighted by atomic mass is 35.5. The van der Waals surface area contributed by atoms with Crippen molar-refractivity contribution in [1.82, 2.24) is 10.2 Å². The van der Waals surface area contributed by atoms with Gasteiger partial charge in [0.15, 0.2) is 15.8 Å². The van der Waals surface area contributed by atoms with Gasteiger partial charge in [0.2, 0.25) is 5.13 Å². The van der Waals surface area contributed by atoms with Gasteiger partial charge >= 0.3 is 11.9 Å². The third kappa shape index (κ3) is 5.56. The molecule has 218 valence electrons. The van der Waals surface area contributed by atoms with Gasteiger partial charge in [0.05, 0.1) is 24.3 Å². The van der Waals surface area contributed by atoms with Gasteiger partial charge in [0, 0.05) is 16.3 Å². The number of carbonyl (C=O) groups excluding carboxylic acids is 3. The Morgan fingerprint density at radius 1 is 1.05 bits per heavy atom. The lowest BCUT2D eigenvalue weighted by atomic mass is 9.94. The summed E-state index contributed by atoms with van der Waals surface area (Å²) < 4.78 is 16.6. The molecule has 3 heterocycles. The van der Waals surface area contributed by atoms with Crippen LogP contribution in [0.2, 0.25) is 5.02 Å². The van der Waals surface area contributed by atoms with Crippen molar-refractivity contribution in [2.45, 2.75) is 16.1 Å². The number of benzene rings is 3. The quantitative estimate of drug-likeness (QED) is 0.0677. The lowest BCUT2D eigenvalue weighted by Crippen LogP contribution is -2.29. The lowest BCUT2D eigenvalue weighted by Gasteiger charge is -2.23. The predicted octanol–water partition coefficient (Wildman–Crippen LogP) is 5.67. The van der Waals surface area contributed by atoms with Crippen molar-refractivity contribution in [2.75, 3.05) is 25.2 Å². The molecule has 10 nitrogen and oxygen atoms in total. The largest absolute Gasteiger partial charge is 0.507 e. The van der Waals surface area contributed by atoms with Crippen molar-refractivity contribution < 1.29 is 33.7 Å². The highest BCUT2D eigenvalue weighted by molar-refractivity contribution is 8.00. The molecule has 1 fully saturated rings. The van der Waals surface area contributed by atoms with Crippen molar-refractivity contribution in [3.63, 3.8) is 0 Å². The molecule has 1 saturated heterocycles. The number of carbonyl (C=O) groups is 3. The van der Waals surface area contributed by atoms with Gasteiger partial charge in [-0.1, -0.05) is 65.0 Å². The normalized spacial score (nSPS) is 17.3. The number of aliphatic hydroxyl groups is 1. The van der Waals surface area contributed by atoms with E-state index in [-0.39, 0.29) is 21.8 Å². The molecule has 0 unspecified atom stereocenters. The van der Waals surface area contributed by atoms with Gasteiger partial charge in [-0.05, 0) is 47.5 Å². The SMILES string of the molecule is COC(=O)c1ccc([C@H]2/C(=C(\O)c3ccc4c(c3)OCCO4)C(=O)C(=O)N2c2nnc(SCc3ccccc3Cl)s2)cc1. The molecule has 43 heavy (non-hydrogen) atoms. The number of Topliss-reactive ketones (excluding diaryl/α,β-unsaturated/α-hetero) is 1. The van der Waals surface area contributed by atoms with E-state index in [1.807, 2.05) is 18.2 Å². The fourth-order valence-electron chi connectivity index (χ4n) is 4.72. The molecule has 0 radical (unpaired) electrons. The number of anilines is 1. The van der Waals surface area contributed by atoms with Crippen molar-refractivity contribution in [2.24, 2.45) is 0 Å². The maximum Gasteiger partial charge on any atom is 0.337 e. The van der Waals surface area contributed by atoms with Crippen LogP contribution in [0, 0.1) is 0 Å². The second-order valence-corrected chi connectivity index (χ2v) is 12.0. The number of hydrogen-bond acceptors (Lipinski definition) is 11. The van der Waals surface area contributed by atoms with Crippen molar-refractivity contribution in [3.05, 3.63) is 99.6 Å². The van der Waals surface area contributed by atoms with Gasteiger partial charge in [0.1, 0.15) is 19.0 Å². The Morgan fingerprint density at radius 2 is 1.77 bits per heavy atom. The highest BCUT2D eigenvalue weighted by Gasteiger charge is 2.48. The van der Waals surface area contributed by atoms with Crippen LogP contribution in [0.4, 0.5) is 5.13 Å². The third-order valence-electron chi connectivity index (χ3n) is 6.82. The summed E-state index contributed by atoms with van der Waals surface area (Å²) in [6.45, 7) is 0.730. The smallest absolute Gasteiger partial charge is 0.337 e. The zero-order chi connectivity index (χ0) is 30.1. The van der Waals surface area contributed by atoms with Gasteiger partial charge in [-0.25, -0.2) is 4.79 Å². The number of hydrogen-bond donors (Lipinski definition) is 1. The van der Waals surface area contributed by atoms with Crippen LogP contribution in [0.3, 0.4) is 0 Å². The van der Waals surface area contributed by atoms with Gasteiger partial charge in [0.25, 0.3) is 5.78 Å². The summed E-state index contributed by atoms with van der Waals surface area (Å²) in [6, 6.07) is 17.4.